The predicted molar refractivity (Wildman–Crippen MR) is 86.7 cm³/mol. The summed E-state index contributed by atoms with van der Waals surface area (Å²) in [6.07, 6.45) is 3.38. The maximum atomic E-state index is 2.34. The van der Waals surface area contributed by atoms with Gasteiger partial charge in [-0.2, -0.15) is 0 Å². The molecule has 0 heterocycles. The van der Waals surface area contributed by atoms with Crippen LogP contribution in [0.1, 0.15) is 22.3 Å². The standard InChI is InChI=1S/C20H16/c1-14-6-8-15(9-7-14)18-12-19-10-16-4-2-3-5-17(16)11-20(19)13-18/h2-12H,13H2,1H3. The van der Waals surface area contributed by atoms with Crippen LogP contribution in [0.4, 0.5) is 0 Å². The van der Waals surface area contributed by atoms with Crippen LogP contribution in [0, 0.1) is 6.92 Å². The molecule has 0 aromatic heterocycles. The fraction of sp³-hybridized carbons (Fsp3) is 0.100. The van der Waals surface area contributed by atoms with Crippen LogP contribution < -0.4 is 0 Å². The smallest absolute Gasteiger partial charge is 0.00135 e. The molecule has 20 heavy (non-hydrogen) atoms. The quantitative estimate of drug-likeness (QED) is 0.558. The van der Waals surface area contributed by atoms with Crippen molar-refractivity contribution in [3.8, 4) is 0 Å². The topological polar surface area (TPSA) is 0 Å². The molecule has 0 nitrogen and oxygen atoms in total. The first kappa shape index (κ1) is 11.5. The van der Waals surface area contributed by atoms with E-state index in [2.05, 4.69) is 73.7 Å². The van der Waals surface area contributed by atoms with Crippen molar-refractivity contribution in [1.82, 2.24) is 0 Å². The molecule has 0 saturated carbocycles. The summed E-state index contributed by atoms with van der Waals surface area (Å²) in [4.78, 5) is 0. The van der Waals surface area contributed by atoms with Crippen molar-refractivity contribution < 1.29 is 0 Å². The number of fused-ring (bicyclic) bond motifs is 2. The van der Waals surface area contributed by atoms with Crippen molar-refractivity contribution >= 4 is 22.4 Å². The van der Waals surface area contributed by atoms with Gasteiger partial charge in [0.15, 0.2) is 0 Å². The lowest BCUT2D eigenvalue weighted by molar-refractivity contribution is 1.32. The largest absolute Gasteiger partial charge is 0.0616 e. The summed E-state index contributed by atoms with van der Waals surface area (Å²) in [7, 11) is 0. The summed E-state index contributed by atoms with van der Waals surface area (Å²) >= 11 is 0. The Bertz CT molecular complexity index is 820. The van der Waals surface area contributed by atoms with E-state index in [4.69, 9.17) is 0 Å². The second-order valence-electron chi connectivity index (χ2n) is 5.61. The number of rotatable bonds is 1. The van der Waals surface area contributed by atoms with Crippen LogP contribution >= 0.6 is 0 Å². The van der Waals surface area contributed by atoms with Gasteiger partial charge in [0.05, 0.1) is 0 Å². The van der Waals surface area contributed by atoms with Crippen molar-refractivity contribution in [2.45, 2.75) is 13.3 Å². The predicted octanol–water partition coefficient (Wildman–Crippen LogP) is 5.24. The molecule has 1 aliphatic carbocycles. The molecule has 0 amide bonds. The minimum atomic E-state index is 1.04. The molecule has 0 fully saturated rings. The molecule has 0 radical (unpaired) electrons. The highest BCUT2D eigenvalue weighted by molar-refractivity contribution is 5.94. The highest BCUT2D eigenvalue weighted by Crippen LogP contribution is 2.34. The molecule has 0 N–H and O–H groups in total. The summed E-state index contributed by atoms with van der Waals surface area (Å²) in [5.41, 5.74) is 6.90. The van der Waals surface area contributed by atoms with E-state index >= 15 is 0 Å². The van der Waals surface area contributed by atoms with Crippen molar-refractivity contribution in [2.24, 2.45) is 0 Å². The molecule has 0 unspecified atom stereocenters. The fourth-order valence-corrected chi connectivity index (χ4v) is 2.99. The van der Waals surface area contributed by atoms with Gasteiger partial charge in [-0.25, -0.2) is 0 Å². The van der Waals surface area contributed by atoms with Crippen LogP contribution in [-0.4, -0.2) is 0 Å². The van der Waals surface area contributed by atoms with E-state index in [1.165, 1.54) is 38.6 Å². The molecule has 96 valence electrons. The molecule has 0 heteroatoms. The number of allylic oxidation sites excluding steroid dienone is 1. The first-order chi connectivity index (χ1) is 9.79. The molecule has 0 saturated heterocycles. The Hall–Kier alpha value is -2.34. The highest BCUT2D eigenvalue weighted by atomic mass is 14.2. The zero-order valence-corrected chi connectivity index (χ0v) is 11.6. The molecule has 0 spiro atoms. The Balaban J connectivity index is 1.79. The van der Waals surface area contributed by atoms with Gasteiger partial charge in [0.2, 0.25) is 0 Å². The van der Waals surface area contributed by atoms with Crippen LogP contribution in [0.25, 0.3) is 22.4 Å². The van der Waals surface area contributed by atoms with Gasteiger partial charge >= 0.3 is 0 Å². The van der Waals surface area contributed by atoms with Crippen LogP contribution in [-0.2, 0) is 6.42 Å². The zero-order chi connectivity index (χ0) is 13.5. The van der Waals surface area contributed by atoms with E-state index in [9.17, 15) is 0 Å². The molecule has 0 bridgehead atoms. The lowest BCUT2D eigenvalue weighted by atomic mass is 10.0. The molecule has 3 aromatic carbocycles. The van der Waals surface area contributed by atoms with Crippen LogP contribution in [0.5, 0.6) is 0 Å². The van der Waals surface area contributed by atoms with Crippen molar-refractivity contribution in [2.75, 3.05) is 0 Å². The van der Waals surface area contributed by atoms with E-state index in [1.54, 1.807) is 0 Å². The summed E-state index contributed by atoms with van der Waals surface area (Å²) in [6, 6.07) is 22.1. The van der Waals surface area contributed by atoms with Crippen molar-refractivity contribution in [1.29, 1.82) is 0 Å². The second kappa shape index (κ2) is 4.35. The monoisotopic (exact) mass is 256 g/mol. The first-order valence-electron chi connectivity index (χ1n) is 7.09. The summed E-state index contributed by atoms with van der Waals surface area (Å²) in [5, 5.41) is 2.66. The highest BCUT2D eigenvalue weighted by Gasteiger charge is 2.14. The van der Waals surface area contributed by atoms with Crippen molar-refractivity contribution in [3.05, 3.63) is 82.9 Å². The Morgan fingerprint density at radius 2 is 1.50 bits per heavy atom. The Morgan fingerprint density at radius 3 is 2.25 bits per heavy atom. The van der Waals surface area contributed by atoms with Gasteiger partial charge in [0.1, 0.15) is 0 Å². The lowest BCUT2D eigenvalue weighted by Crippen LogP contribution is -1.86. The van der Waals surface area contributed by atoms with E-state index in [-0.39, 0.29) is 0 Å². The van der Waals surface area contributed by atoms with Gasteiger partial charge in [-0.1, -0.05) is 66.2 Å². The maximum Gasteiger partial charge on any atom is -0.00135 e. The number of aryl methyl sites for hydroxylation is 1. The van der Waals surface area contributed by atoms with Crippen LogP contribution in [0.15, 0.2) is 60.7 Å². The lowest BCUT2D eigenvalue weighted by Gasteiger charge is -2.04. The van der Waals surface area contributed by atoms with E-state index in [1.807, 2.05) is 0 Å². The molecule has 3 aromatic rings. The average Bonchev–Trinajstić information content (AvgIpc) is 2.88. The Morgan fingerprint density at radius 1 is 0.800 bits per heavy atom. The summed E-state index contributed by atoms with van der Waals surface area (Å²) < 4.78 is 0. The molecule has 1 aliphatic rings. The molecular weight excluding hydrogens is 240 g/mol. The second-order valence-corrected chi connectivity index (χ2v) is 5.61. The van der Waals surface area contributed by atoms with Crippen LogP contribution in [0.2, 0.25) is 0 Å². The number of benzene rings is 3. The van der Waals surface area contributed by atoms with Gasteiger partial charge in [-0.3, -0.25) is 0 Å². The van der Waals surface area contributed by atoms with Gasteiger partial charge < -0.3 is 0 Å². The Kier molecular flexibility index (Phi) is 2.50. The summed E-state index contributed by atoms with van der Waals surface area (Å²) in [6.45, 7) is 2.13. The SMILES string of the molecule is Cc1ccc(C2=Cc3cc4ccccc4cc3C2)cc1. The summed E-state index contributed by atoms with van der Waals surface area (Å²) in [5.74, 6) is 0. The van der Waals surface area contributed by atoms with Gasteiger partial charge in [0, 0.05) is 0 Å². The van der Waals surface area contributed by atoms with Gasteiger partial charge in [-0.05, 0) is 52.4 Å². The number of hydrogen-bond acceptors (Lipinski definition) is 0. The minimum Gasteiger partial charge on any atom is -0.0616 e. The molecule has 0 aliphatic heterocycles. The van der Waals surface area contributed by atoms with E-state index in [0.29, 0.717) is 0 Å². The van der Waals surface area contributed by atoms with Crippen molar-refractivity contribution in [3.63, 3.8) is 0 Å². The molecule has 4 rings (SSSR count). The Labute approximate surface area is 119 Å². The minimum absolute atomic E-state index is 1.04. The molecule has 0 atom stereocenters. The van der Waals surface area contributed by atoms with Crippen LogP contribution in [0.3, 0.4) is 0 Å². The van der Waals surface area contributed by atoms with Gasteiger partial charge in [0.25, 0.3) is 0 Å². The van der Waals surface area contributed by atoms with Gasteiger partial charge in [-0.15, -0.1) is 0 Å². The third-order valence-electron chi connectivity index (χ3n) is 4.14. The third kappa shape index (κ3) is 1.85. The number of hydrogen-bond donors (Lipinski definition) is 0. The van der Waals surface area contributed by atoms with E-state index < -0.39 is 0 Å². The third-order valence-corrected chi connectivity index (χ3v) is 4.14. The molecular formula is C20H16. The fourth-order valence-electron chi connectivity index (χ4n) is 2.99. The normalized spacial score (nSPS) is 13.3. The van der Waals surface area contributed by atoms with E-state index in [0.717, 1.165) is 6.42 Å². The maximum absolute atomic E-state index is 2.34. The first-order valence-corrected chi connectivity index (χ1v) is 7.09. The average molecular weight is 256 g/mol. The zero-order valence-electron chi connectivity index (χ0n) is 11.6.